The number of ether oxygens (including phenoxy) is 1. The van der Waals surface area contributed by atoms with Crippen molar-refractivity contribution in [3.8, 4) is 5.88 Å². The van der Waals surface area contributed by atoms with Gasteiger partial charge in [0.25, 0.3) is 5.88 Å². The second-order valence-electron chi connectivity index (χ2n) is 1.72. The van der Waals surface area contributed by atoms with Crippen molar-refractivity contribution in [1.82, 2.24) is 9.97 Å². The number of nitrogens with zero attached hydrogens (tertiary/aromatic N) is 2. The summed E-state index contributed by atoms with van der Waals surface area (Å²) in [5.41, 5.74) is 0. The molecule has 0 amide bonds. The number of rotatable bonds is 2. The lowest BCUT2D eigenvalue weighted by molar-refractivity contribution is 0.305. The number of halogens is 2. The molecule has 0 fully saturated rings. The van der Waals surface area contributed by atoms with Gasteiger partial charge in [-0.3, -0.25) is 0 Å². The van der Waals surface area contributed by atoms with Gasteiger partial charge in [-0.1, -0.05) is 0 Å². The number of hydrogen-bond acceptors (Lipinski definition) is 3. The Morgan fingerprint density at radius 2 is 2.36 bits per heavy atom. The summed E-state index contributed by atoms with van der Waals surface area (Å²) in [4.78, 5) is 7.16. The van der Waals surface area contributed by atoms with Crippen LogP contribution in [0.4, 0.5) is 4.39 Å². The van der Waals surface area contributed by atoms with Crippen LogP contribution >= 0.6 is 15.9 Å². The highest BCUT2D eigenvalue weighted by atomic mass is 79.9. The van der Waals surface area contributed by atoms with Gasteiger partial charge in [0.15, 0.2) is 0 Å². The second kappa shape index (κ2) is 3.61. The normalized spacial score (nSPS) is 9.73. The fourth-order valence-corrected chi connectivity index (χ4v) is 0.832. The molecule has 0 saturated carbocycles. The third-order valence-corrected chi connectivity index (χ3v) is 1.55. The van der Waals surface area contributed by atoms with E-state index in [9.17, 15) is 4.39 Å². The molecule has 60 valence electrons. The summed E-state index contributed by atoms with van der Waals surface area (Å²) in [5, 5.41) is 0. The molecule has 3 nitrogen and oxygen atoms in total. The van der Waals surface area contributed by atoms with Crippen molar-refractivity contribution in [3.63, 3.8) is 0 Å². The van der Waals surface area contributed by atoms with Crippen LogP contribution in [0.1, 0.15) is 6.92 Å². The fourth-order valence-electron chi connectivity index (χ4n) is 0.571. The van der Waals surface area contributed by atoms with E-state index in [1.807, 2.05) is 0 Å². The van der Waals surface area contributed by atoms with E-state index < -0.39 is 5.82 Å². The topological polar surface area (TPSA) is 35.0 Å². The first-order valence-corrected chi connectivity index (χ1v) is 3.83. The molecule has 0 aliphatic carbocycles. The molecule has 11 heavy (non-hydrogen) atoms. The first-order chi connectivity index (χ1) is 5.25. The average Bonchev–Trinajstić information content (AvgIpc) is 1.99. The molecule has 1 rings (SSSR count). The molecule has 0 saturated heterocycles. The summed E-state index contributed by atoms with van der Waals surface area (Å²) < 4.78 is 17.9. The molecule has 0 unspecified atom stereocenters. The van der Waals surface area contributed by atoms with Crippen LogP contribution in [0.5, 0.6) is 5.88 Å². The molecule has 1 heterocycles. The smallest absolute Gasteiger partial charge is 0.254 e. The lowest BCUT2D eigenvalue weighted by Crippen LogP contribution is -1.98. The lowest BCUT2D eigenvalue weighted by atomic mass is 10.6. The molecule has 0 radical (unpaired) electrons. The molecule has 0 aliphatic rings. The van der Waals surface area contributed by atoms with Gasteiger partial charge in [0.2, 0.25) is 5.82 Å². The molecule has 0 bridgehead atoms. The van der Waals surface area contributed by atoms with Crippen LogP contribution in [0.15, 0.2) is 10.9 Å². The van der Waals surface area contributed by atoms with Crippen LogP contribution in [0.25, 0.3) is 0 Å². The zero-order chi connectivity index (χ0) is 8.27. The van der Waals surface area contributed by atoms with Crippen molar-refractivity contribution in [1.29, 1.82) is 0 Å². The van der Waals surface area contributed by atoms with Gasteiger partial charge >= 0.3 is 0 Å². The van der Waals surface area contributed by atoms with E-state index in [-0.39, 0.29) is 10.5 Å². The Bertz CT molecular complexity index is 256. The largest absolute Gasteiger partial charge is 0.476 e. The summed E-state index contributed by atoms with van der Waals surface area (Å²) in [7, 11) is 0. The van der Waals surface area contributed by atoms with E-state index in [0.717, 1.165) is 0 Å². The van der Waals surface area contributed by atoms with E-state index in [1.165, 1.54) is 6.33 Å². The minimum Gasteiger partial charge on any atom is -0.476 e. The van der Waals surface area contributed by atoms with Crippen LogP contribution in [0.3, 0.4) is 0 Å². The molecule has 0 spiro atoms. The SMILES string of the molecule is CCOc1ncnc(Br)c1F. The highest BCUT2D eigenvalue weighted by molar-refractivity contribution is 9.10. The van der Waals surface area contributed by atoms with Crippen LogP contribution in [-0.4, -0.2) is 16.6 Å². The van der Waals surface area contributed by atoms with Gasteiger partial charge in [-0.05, 0) is 22.9 Å². The maximum Gasteiger partial charge on any atom is 0.254 e. The lowest BCUT2D eigenvalue weighted by Gasteiger charge is -2.01. The second-order valence-corrected chi connectivity index (χ2v) is 2.47. The Morgan fingerprint density at radius 3 is 3.00 bits per heavy atom. The average molecular weight is 221 g/mol. The van der Waals surface area contributed by atoms with Gasteiger partial charge in [-0.15, -0.1) is 0 Å². The first kappa shape index (κ1) is 8.39. The van der Waals surface area contributed by atoms with Crippen LogP contribution < -0.4 is 4.74 Å². The van der Waals surface area contributed by atoms with Crippen molar-refractivity contribution in [2.24, 2.45) is 0 Å². The predicted octanol–water partition coefficient (Wildman–Crippen LogP) is 1.78. The van der Waals surface area contributed by atoms with Crippen molar-refractivity contribution < 1.29 is 9.13 Å². The minimum atomic E-state index is -0.561. The third-order valence-electron chi connectivity index (χ3n) is 0.996. The molecular weight excluding hydrogens is 215 g/mol. The van der Waals surface area contributed by atoms with E-state index in [0.29, 0.717) is 6.61 Å². The zero-order valence-corrected chi connectivity index (χ0v) is 7.43. The van der Waals surface area contributed by atoms with Gasteiger partial charge in [0, 0.05) is 0 Å². The minimum absolute atomic E-state index is 0.0191. The van der Waals surface area contributed by atoms with Gasteiger partial charge in [0.05, 0.1) is 6.61 Å². The molecule has 0 atom stereocenters. The highest BCUT2D eigenvalue weighted by Gasteiger charge is 2.08. The third kappa shape index (κ3) is 1.86. The summed E-state index contributed by atoms with van der Waals surface area (Å²) in [6, 6.07) is 0. The standard InChI is InChI=1S/C6H6BrFN2O/c1-2-11-6-4(8)5(7)9-3-10-6/h3H,2H2,1H3. The Kier molecular flexibility index (Phi) is 2.76. The van der Waals surface area contributed by atoms with Crippen LogP contribution in [0.2, 0.25) is 0 Å². The van der Waals surface area contributed by atoms with Crippen molar-refractivity contribution >= 4 is 15.9 Å². The van der Waals surface area contributed by atoms with Gasteiger partial charge < -0.3 is 4.74 Å². The Balaban J connectivity index is 2.96. The highest BCUT2D eigenvalue weighted by Crippen LogP contribution is 2.18. The van der Waals surface area contributed by atoms with E-state index >= 15 is 0 Å². The molecule has 1 aromatic heterocycles. The molecule has 0 N–H and O–H groups in total. The fraction of sp³-hybridized carbons (Fsp3) is 0.333. The maximum atomic E-state index is 12.9. The molecule has 0 aliphatic heterocycles. The predicted molar refractivity (Wildman–Crippen MR) is 40.9 cm³/mol. The summed E-state index contributed by atoms with van der Waals surface area (Å²) in [6.07, 6.45) is 1.23. The monoisotopic (exact) mass is 220 g/mol. The van der Waals surface area contributed by atoms with Crippen molar-refractivity contribution in [3.05, 3.63) is 16.7 Å². The molecular formula is C6H6BrFN2O. The summed E-state index contributed by atoms with van der Waals surface area (Å²) in [6.45, 7) is 2.15. The molecule has 5 heteroatoms. The van der Waals surface area contributed by atoms with E-state index in [4.69, 9.17) is 4.74 Å². The van der Waals surface area contributed by atoms with Crippen LogP contribution in [-0.2, 0) is 0 Å². The van der Waals surface area contributed by atoms with Gasteiger partial charge in [0.1, 0.15) is 10.9 Å². The van der Waals surface area contributed by atoms with Gasteiger partial charge in [-0.25, -0.2) is 4.98 Å². The number of hydrogen-bond donors (Lipinski definition) is 0. The maximum absolute atomic E-state index is 12.9. The van der Waals surface area contributed by atoms with Crippen molar-refractivity contribution in [2.75, 3.05) is 6.61 Å². The molecule has 0 aromatic carbocycles. The van der Waals surface area contributed by atoms with Crippen LogP contribution in [0, 0.1) is 5.82 Å². The Labute approximate surface area is 71.7 Å². The Morgan fingerprint density at radius 1 is 1.64 bits per heavy atom. The Hall–Kier alpha value is -0.710. The van der Waals surface area contributed by atoms with E-state index in [2.05, 4.69) is 25.9 Å². The van der Waals surface area contributed by atoms with Gasteiger partial charge in [-0.2, -0.15) is 9.37 Å². The quantitative estimate of drug-likeness (QED) is 0.714. The summed E-state index contributed by atoms with van der Waals surface area (Å²) in [5.74, 6) is -0.580. The first-order valence-electron chi connectivity index (χ1n) is 3.04. The van der Waals surface area contributed by atoms with E-state index in [1.54, 1.807) is 6.92 Å². The molecule has 1 aromatic rings. The number of aromatic nitrogens is 2. The summed E-state index contributed by atoms with van der Waals surface area (Å²) >= 11 is 2.91. The van der Waals surface area contributed by atoms with Crippen molar-refractivity contribution in [2.45, 2.75) is 6.92 Å². The zero-order valence-electron chi connectivity index (χ0n) is 5.84.